The Bertz CT molecular complexity index is 701. The molecule has 5 heteroatoms. The molecule has 0 fully saturated rings. The Morgan fingerprint density at radius 3 is 2.50 bits per heavy atom. The van der Waals surface area contributed by atoms with Crippen molar-refractivity contribution in [2.75, 3.05) is 11.9 Å². The van der Waals surface area contributed by atoms with E-state index in [0.717, 1.165) is 5.56 Å². The summed E-state index contributed by atoms with van der Waals surface area (Å²) in [4.78, 5) is 11.8. The molecule has 0 aliphatic rings. The van der Waals surface area contributed by atoms with Crippen LogP contribution in [0.4, 0.5) is 5.69 Å². The molecular weight excluding hydrogens is 300 g/mol. The molecule has 1 amide bonds. The zero-order valence-corrected chi connectivity index (χ0v) is 12.4. The second-order valence-electron chi connectivity index (χ2n) is 4.35. The van der Waals surface area contributed by atoms with E-state index in [9.17, 15) is 4.79 Å². The maximum atomic E-state index is 11.8. The number of benzene rings is 2. The summed E-state index contributed by atoms with van der Waals surface area (Å²) in [7, 11) is 0. The van der Waals surface area contributed by atoms with E-state index in [0.29, 0.717) is 16.5 Å². The summed E-state index contributed by atoms with van der Waals surface area (Å²) in [5.74, 6) is 0.386. The van der Waals surface area contributed by atoms with Crippen LogP contribution in [0.25, 0.3) is 6.08 Å². The zero-order valence-electron chi connectivity index (χ0n) is 11.6. The first-order valence-electron chi connectivity index (χ1n) is 6.52. The third kappa shape index (κ3) is 4.97. The van der Waals surface area contributed by atoms with Gasteiger partial charge in [0.05, 0.1) is 0 Å². The fourth-order valence-corrected chi connectivity index (χ4v) is 1.81. The molecular formula is C17H13ClN2O2. The summed E-state index contributed by atoms with van der Waals surface area (Å²) in [5.41, 5.74) is 1.54. The monoisotopic (exact) mass is 312 g/mol. The van der Waals surface area contributed by atoms with Crippen molar-refractivity contribution in [3.05, 3.63) is 65.2 Å². The third-order valence-corrected chi connectivity index (χ3v) is 2.97. The van der Waals surface area contributed by atoms with Crippen LogP contribution in [0.3, 0.4) is 0 Å². The molecule has 1 N–H and O–H groups in total. The SMILES string of the molecule is N#CCOc1ccc(/C=C/C(=O)Nc2ccc(Cl)cc2)cc1. The second kappa shape index (κ2) is 7.87. The summed E-state index contributed by atoms with van der Waals surface area (Å²) < 4.78 is 5.15. The molecule has 0 heterocycles. The molecule has 22 heavy (non-hydrogen) atoms. The molecule has 0 aliphatic heterocycles. The lowest BCUT2D eigenvalue weighted by molar-refractivity contribution is -0.111. The van der Waals surface area contributed by atoms with Gasteiger partial charge in [-0.2, -0.15) is 5.26 Å². The number of halogens is 1. The summed E-state index contributed by atoms with van der Waals surface area (Å²) in [6, 6.07) is 15.9. The standard InChI is InChI=1S/C17H13ClN2O2/c18-14-4-6-15(7-5-14)20-17(21)10-3-13-1-8-16(9-2-13)22-12-11-19/h1-10H,12H2,(H,20,21)/b10-3+. The Labute approximate surface area is 133 Å². The van der Waals surface area contributed by atoms with E-state index < -0.39 is 0 Å². The minimum absolute atomic E-state index is 0.0126. The van der Waals surface area contributed by atoms with E-state index in [1.807, 2.05) is 6.07 Å². The molecule has 2 rings (SSSR count). The summed E-state index contributed by atoms with van der Waals surface area (Å²) in [6.07, 6.45) is 3.14. The third-order valence-electron chi connectivity index (χ3n) is 2.72. The van der Waals surface area contributed by atoms with Gasteiger partial charge in [0.25, 0.3) is 0 Å². The van der Waals surface area contributed by atoms with Crippen LogP contribution in [-0.4, -0.2) is 12.5 Å². The molecule has 0 radical (unpaired) electrons. The number of rotatable bonds is 5. The lowest BCUT2D eigenvalue weighted by Gasteiger charge is -2.02. The smallest absolute Gasteiger partial charge is 0.248 e. The van der Waals surface area contributed by atoms with Crippen molar-refractivity contribution in [3.8, 4) is 11.8 Å². The number of ether oxygens (including phenoxy) is 1. The Balaban J connectivity index is 1.92. The topological polar surface area (TPSA) is 62.1 Å². The highest BCUT2D eigenvalue weighted by atomic mass is 35.5. The molecule has 4 nitrogen and oxygen atoms in total. The molecule has 0 aromatic heterocycles. The van der Waals surface area contributed by atoms with Crippen LogP contribution in [-0.2, 0) is 4.79 Å². The highest BCUT2D eigenvalue weighted by Gasteiger charge is 1.98. The van der Waals surface area contributed by atoms with Crippen LogP contribution >= 0.6 is 11.6 Å². The Kier molecular flexibility index (Phi) is 5.58. The number of anilines is 1. The van der Waals surface area contributed by atoms with Crippen LogP contribution in [0.5, 0.6) is 5.75 Å². The number of nitrogens with one attached hydrogen (secondary N) is 1. The second-order valence-corrected chi connectivity index (χ2v) is 4.78. The van der Waals surface area contributed by atoms with E-state index in [4.69, 9.17) is 21.6 Å². The number of amides is 1. The maximum absolute atomic E-state index is 11.8. The van der Waals surface area contributed by atoms with Crippen LogP contribution in [0.2, 0.25) is 5.02 Å². The van der Waals surface area contributed by atoms with Gasteiger partial charge in [0.1, 0.15) is 11.8 Å². The quantitative estimate of drug-likeness (QED) is 0.852. The lowest BCUT2D eigenvalue weighted by atomic mass is 10.2. The molecule has 0 atom stereocenters. The van der Waals surface area contributed by atoms with Crippen molar-refractivity contribution in [3.63, 3.8) is 0 Å². The predicted octanol–water partition coefficient (Wildman–Crippen LogP) is 3.89. The van der Waals surface area contributed by atoms with Crippen molar-refractivity contribution in [2.24, 2.45) is 0 Å². The van der Waals surface area contributed by atoms with Gasteiger partial charge in [-0.05, 0) is 48.0 Å². The highest BCUT2D eigenvalue weighted by Crippen LogP contribution is 2.14. The van der Waals surface area contributed by atoms with Gasteiger partial charge in [0.15, 0.2) is 6.61 Å². The largest absolute Gasteiger partial charge is 0.479 e. The number of hydrogen-bond acceptors (Lipinski definition) is 3. The summed E-state index contributed by atoms with van der Waals surface area (Å²) in [6.45, 7) is 0.0126. The zero-order chi connectivity index (χ0) is 15.8. The van der Waals surface area contributed by atoms with Gasteiger partial charge in [-0.1, -0.05) is 23.7 Å². The first kappa shape index (κ1) is 15.6. The molecule has 0 spiro atoms. The van der Waals surface area contributed by atoms with Gasteiger partial charge >= 0.3 is 0 Å². The van der Waals surface area contributed by atoms with Crippen LogP contribution in [0.1, 0.15) is 5.56 Å². The van der Waals surface area contributed by atoms with Crippen LogP contribution < -0.4 is 10.1 Å². The van der Waals surface area contributed by atoms with E-state index in [1.54, 1.807) is 54.6 Å². The molecule has 0 saturated heterocycles. The van der Waals surface area contributed by atoms with Crippen molar-refractivity contribution in [1.82, 2.24) is 0 Å². The van der Waals surface area contributed by atoms with Gasteiger partial charge in [-0.25, -0.2) is 0 Å². The average molecular weight is 313 g/mol. The fraction of sp³-hybridized carbons (Fsp3) is 0.0588. The van der Waals surface area contributed by atoms with Crippen LogP contribution in [0.15, 0.2) is 54.6 Å². The molecule has 0 unspecified atom stereocenters. The average Bonchev–Trinajstić information content (AvgIpc) is 2.54. The fourth-order valence-electron chi connectivity index (χ4n) is 1.68. The van der Waals surface area contributed by atoms with Gasteiger partial charge in [0.2, 0.25) is 5.91 Å². The van der Waals surface area contributed by atoms with E-state index >= 15 is 0 Å². The van der Waals surface area contributed by atoms with Crippen molar-refractivity contribution >= 4 is 29.3 Å². The first-order valence-corrected chi connectivity index (χ1v) is 6.89. The number of nitriles is 1. The predicted molar refractivity (Wildman–Crippen MR) is 86.7 cm³/mol. The molecule has 0 bridgehead atoms. The molecule has 110 valence electrons. The van der Waals surface area contributed by atoms with E-state index in [1.165, 1.54) is 6.08 Å². The molecule has 0 saturated carbocycles. The number of carbonyl (C=O) groups excluding carboxylic acids is 1. The van der Waals surface area contributed by atoms with Gasteiger partial charge in [-0.3, -0.25) is 4.79 Å². The van der Waals surface area contributed by atoms with Crippen molar-refractivity contribution < 1.29 is 9.53 Å². The Morgan fingerprint density at radius 2 is 1.86 bits per heavy atom. The molecule has 2 aromatic rings. The van der Waals surface area contributed by atoms with E-state index in [2.05, 4.69) is 5.32 Å². The normalized spacial score (nSPS) is 10.2. The number of hydrogen-bond donors (Lipinski definition) is 1. The number of carbonyl (C=O) groups is 1. The summed E-state index contributed by atoms with van der Waals surface area (Å²) in [5, 5.41) is 11.8. The highest BCUT2D eigenvalue weighted by molar-refractivity contribution is 6.30. The summed E-state index contributed by atoms with van der Waals surface area (Å²) >= 11 is 5.78. The minimum atomic E-state index is -0.230. The van der Waals surface area contributed by atoms with Crippen molar-refractivity contribution in [1.29, 1.82) is 5.26 Å². The van der Waals surface area contributed by atoms with Crippen LogP contribution in [0, 0.1) is 11.3 Å². The van der Waals surface area contributed by atoms with E-state index in [-0.39, 0.29) is 12.5 Å². The van der Waals surface area contributed by atoms with Gasteiger partial charge in [0, 0.05) is 16.8 Å². The minimum Gasteiger partial charge on any atom is -0.479 e. The maximum Gasteiger partial charge on any atom is 0.248 e. The molecule has 2 aromatic carbocycles. The number of nitrogens with zero attached hydrogens (tertiary/aromatic N) is 1. The molecule has 0 aliphatic carbocycles. The first-order chi connectivity index (χ1) is 10.7. The Morgan fingerprint density at radius 1 is 1.18 bits per heavy atom. The van der Waals surface area contributed by atoms with Gasteiger partial charge < -0.3 is 10.1 Å². The van der Waals surface area contributed by atoms with Crippen molar-refractivity contribution in [2.45, 2.75) is 0 Å². The van der Waals surface area contributed by atoms with Gasteiger partial charge in [-0.15, -0.1) is 0 Å². The Hall–Kier alpha value is -2.77. The lowest BCUT2D eigenvalue weighted by Crippen LogP contribution is -2.07.